The van der Waals surface area contributed by atoms with E-state index < -0.39 is 0 Å². The maximum absolute atomic E-state index is 13.8. The molecule has 0 fully saturated rings. The van der Waals surface area contributed by atoms with Crippen LogP contribution >= 0.6 is 0 Å². The minimum Gasteiger partial charge on any atom is -0.508 e. The Bertz CT molecular complexity index is 417. The van der Waals surface area contributed by atoms with Crippen LogP contribution in [-0.2, 0) is 0 Å². The van der Waals surface area contributed by atoms with E-state index in [1.54, 1.807) is 6.07 Å². The molecule has 3 heteroatoms. The Morgan fingerprint density at radius 1 is 1.30 bits per heavy atom. The van der Waals surface area contributed by atoms with Gasteiger partial charge in [-0.3, -0.25) is 0 Å². The Morgan fingerprint density at radius 2 is 2.00 bits per heavy atom. The molecule has 1 rings (SSSR count). The predicted molar refractivity (Wildman–Crippen MR) is 82.4 cm³/mol. The molecule has 0 aromatic heterocycles. The maximum atomic E-state index is 13.8. The molecule has 114 valence electrons. The number of rotatable bonds is 8. The normalized spacial score (nSPS) is 13.4. The molecule has 20 heavy (non-hydrogen) atoms. The lowest BCUT2D eigenvalue weighted by atomic mass is 9.86. The van der Waals surface area contributed by atoms with Crippen LogP contribution < -0.4 is 5.32 Å². The van der Waals surface area contributed by atoms with Crippen LogP contribution in [0.25, 0.3) is 0 Å². The second-order valence-corrected chi connectivity index (χ2v) is 6.43. The van der Waals surface area contributed by atoms with Crippen molar-refractivity contribution in [1.82, 2.24) is 5.32 Å². The Labute approximate surface area is 122 Å². The lowest BCUT2D eigenvalue weighted by Gasteiger charge is -2.27. The van der Waals surface area contributed by atoms with Gasteiger partial charge in [0.15, 0.2) is 0 Å². The molecule has 0 saturated heterocycles. The molecule has 1 atom stereocenters. The van der Waals surface area contributed by atoms with Crippen LogP contribution in [0, 0.1) is 11.2 Å². The van der Waals surface area contributed by atoms with Crippen molar-refractivity contribution in [1.29, 1.82) is 0 Å². The molecule has 0 aliphatic carbocycles. The third-order valence-corrected chi connectivity index (χ3v) is 3.79. The van der Waals surface area contributed by atoms with Gasteiger partial charge in [-0.15, -0.1) is 0 Å². The van der Waals surface area contributed by atoms with E-state index in [4.69, 9.17) is 0 Å². The standard InChI is InChI=1S/C17H28FNO/c1-5-6-7-10-17(3,4)12-19-13(2)15-9-8-14(20)11-16(15)18/h8-9,11,13,19-20H,5-7,10,12H2,1-4H3. The van der Waals surface area contributed by atoms with Crippen LogP contribution in [0.2, 0.25) is 0 Å². The van der Waals surface area contributed by atoms with E-state index in [9.17, 15) is 9.50 Å². The molecule has 1 unspecified atom stereocenters. The molecule has 0 bridgehead atoms. The molecular weight excluding hydrogens is 253 g/mol. The zero-order valence-electron chi connectivity index (χ0n) is 13.2. The van der Waals surface area contributed by atoms with Crippen LogP contribution in [0.1, 0.15) is 65.0 Å². The Hall–Kier alpha value is -1.09. The summed E-state index contributed by atoms with van der Waals surface area (Å²) in [6, 6.07) is 4.29. The monoisotopic (exact) mass is 281 g/mol. The molecule has 1 aromatic rings. The van der Waals surface area contributed by atoms with Gasteiger partial charge in [0.2, 0.25) is 0 Å². The first-order chi connectivity index (χ1) is 9.35. The summed E-state index contributed by atoms with van der Waals surface area (Å²) in [6.45, 7) is 9.52. The fourth-order valence-corrected chi connectivity index (χ4v) is 2.35. The van der Waals surface area contributed by atoms with Crippen molar-refractivity contribution in [3.05, 3.63) is 29.6 Å². The molecule has 0 spiro atoms. The number of nitrogens with one attached hydrogen (secondary N) is 1. The predicted octanol–water partition coefficient (Wildman–Crippen LogP) is 4.79. The first kappa shape index (κ1) is 17.0. The van der Waals surface area contributed by atoms with E-state index in [-0.39, 0.29) is 23.0 Å². The molecule has 0 aliphatic heterocycles. The Morgan fingerprint density at radius 3 is 2.60 bits per heavy atom. The van der Waals surface area contributed by atoms with Gasteiger partial charge in [-0.2, -0.15) is 0 Å². The number of phenolic OH excluding ortho intramolecular Hbond substituents is 1. The third kappa shape index (κ3) is 5.49. The van der Waals surface area contributed by atoms with Crippen LogP contribution in [-0.4, -0.2) is 11.7 Å². The van der Waals surface area contributed by atoms with Crippen molar-refractivity contribution in [2.24, 2.45) is 5.41 Å². The molecule has 0 saturated carbocycles. The fraction of sp³-hybridized carbons (Fsp3) is 0.647. The number of unbranched alkanes of at least 4 members (excludes halogenated alkanes) is 2. The minimum atomic E-state index is -0.353. The van der Waals surface area contributed by atoms with Gasteiger partial charge in [0, 0.05) is 24.2 Å². The topological polar surface area (TPSA) is 32.3 Å². The quantitative estimate of drug-likeness (QED) is 0.672. The molecule has 0 heterocycles. The summed E-state index contributed by atoms with van der Waals surface area (Å²) in [5.74, 6) is -0.382. The van der Waals surface area contributed by atoms with E-state index in [0.717, 1.165) is 6.54 Å². The van der Waals surface area contributed by atoms with Crippen LogP contribution in [0.3, 0.4) is 0 Å². The molecular formula is C17H28FNO. The summed E-state index contributed by atoms with van der Waals surface area (Å²) in [5.41, 5.74) is 0.823. The largest absolute Gasteiger partial charge is 0.508 e. The zero-order chi connectivity index (χ0) is 15.2. The summed E-state index contributed by atoms with van der Waals surface area (Å²) in [7, 11) is 0. The summed E-state index contributed by atoms with van der Waals surface area (Å²) >= 11 is 0. The van der Waals surface area contributed by atoms with Crippen molar-refractivity contribution < 1.29 is 9.50 Å². The highest BCUT2D eigenvalue weighted by Crippen LogP contribution is 2.25. The van der Waals surface area contributed by atoms with Gasteiger partial charge in [-0.05, 0) is 24.8 Å². The van der Waals surface area contributed by atoms with E-state index in [2.05, 4.69) is 26.1 Å². The van der Waals surface area contributed by atoms with E-state index in [0.29, 0.717) is 5.56 Å². The van der Waals surface area contributed by atoms with Crippen LogP contribution in [0.5, 0.6) is 5.75 Å². The van der Waals surface area contributed by atoms with Gasteiger partial charge in [0.25, 0.3) is 0 Å². The SMILES string of the molecule is CCCCCC(C)(C)CNC(C)c1ccc(O)cc1F. The lowest BCUT2D eigenvalue weighted by Crippen LogP contribution is -2.31. The average Bonchev–Trinajstić information content (AvgIpc) is 2.36. The number of hydrogen-bond donors (Lipinski definition) is 2. The highest BCUT2D eigenvalue weighted by Gasteiger charge is 2.19. The molecule has 1 aromatic carbocycles. The van der Waals surface area contributed by atoms with E-state index in [1.165, 1.54) is 37.8 Å². The van der Waals surface area contributed by atoms with Gasteiger partial charge in [-0.25, -0.2) is 4.39 Å². The highest BCUT2D eigenvalue weighted by molar-refractivity contribution is 5.29. The number of halogens is 1. The summed E-state index contributed by atoms with van der Waals surface area (Å²) in [5, 5.41) is 12.6. The Balaban J connectivity index is 2.51. The molecule has 0 aliphatic rings. The third-order valence-electron chi connectivity index (χ3n) is 3.79. The van der Waals surface area contributed by atoms with Gasteiger partial charge in [0.05, 0.1) is 0 Å². The minimum absolute atomic E-state index is 0.0293. The number of benzene rings is 1. The summed E-state index contributed by atoms with van der Waals surface area (Å²) in [6.07, 6.45) is 4.93. The number of hydrogen-bond acceptors (Lipinski definition) is 2. The van der Waals surface area contributed by atoms with Gasteiger partial charge in [-0.1, -0.05) is 46.1 Å². The van der Waals surface area contributed by atoms with E-state index in [1.807, 2.05) is 6.92 Å². The van der Waals surface area contributed by atoms with E-state index >= 15 is 0 Å². The smallest absolute Gasteiger partial charge is 0.131 e. The first-order valence-corrected chi connectivity index (χ1v) is 7.57. The first-order valence-electron chi connectivity index (χ1n) is 7.57. The van der Waals surface area contributed by atoms with Gasteiger partial charge >= 0.3 is 0 Å². The zero-order valence-corrected chi connectivity index (χ0v) is 13.2. The summed E-state index contributed by atoms with van der Waals surface area (Å²) < 4.78 is 13.8. The van der Waals surface area contributed by atoms with Crippen molar-refractivity contribution in [3.63, 3.8) is 0 Å². The maximum Gasteiger partial charge on any atom is 0.131 e. The van der Waals surface area contributed by atoms with Crippen molar-refractivity contribution >= 4 is 0 Å². The second kappa shape index (κ2) is 7.63. The number of phenols is 1. The summed E-state index contributed by atoms with van der Waals surface area (Å²) in [4.78, 5) is 0. The molecule has 2 nitrogen and oxygen atoms in total. The van der Waals surface area contributed by atoms with Crippen molar-refractivity contribution in [3.8, 4) is 5.75 Å². The molecule has 2 N–H and O–H groups in total. The van der Waals surface area contributed by atoms with Crippen LogP contribution in [0.4, 0.5) is 4.39 Å². The molecule has 0 radical (unpaired) electrons. The van der Waals surface area contributed by atoms with Gasteiger partial charge in [0.1, 0.15) is 11.6 Å². The Kier molecular flexibility index (Phi) is 6.47. The second-order valence-electron chi connectivity index (χ2n) is 6.43. The lowest BCUT2D eigenvalue weighted by molar-refractivity contribution is 0.289. The number of aromatic hydroxyl groups is 1. The van der Waals surface area contributed by atoms with Gasteiger partial charge < -0.3 is 10.4 Å². The van der Waals surface area contributed by atoms with Crippen molar-refractivity contribution in [2.75, 3.05) is 6.54 Å². The fourth-order valence-electron chi connectivity index (χ4n) is 2.35. The highest BCUT2D eigenvalue weighted by atomic mass is 19.1. The molecule has 0 amide bonds. The average molecular weight is 281 g/mol. The van der Waals surface area contributed by atoms with Crippen LogP contribution in [0.15, 0.2) is 18.2 Å². The van der Waals surface area contributed by atoms with Crippen molar-refractivity contribution in [2.45, 2.75) is 59.4 Å².